The lowest BCUT2D eigenvalue weighted by Gasteiger charge is -2.16. The summed E-state index contributed by atoms with van der Waals surface area (Å²) in [4.78, 5) is 11.7. The number of terminal acetylenes is 1. The van der Waals surface area contributed by atoms with E-state index in [1.54, 1.807) is 6.92 Å². The first-order valence-corrected chi connectivity index (χ1v) is 7.63. The summed E-state index contributed by atoms with van der Waals surface area (Å²) >= 11 is 3.47. The summed E-state index contributed by atoms with van der Waals surface area (Å²) in [5.74, 6) is 2.76. The summed E-state index contributed by atoms with van der Waals surface area (Å²) in [5.41, 5.74) is 1.15. The van der Waals surface area contributed by atoms with E-state index in [2.05, 4.69) is 46.3 Å². The molecule has 0 saturated carbocycles. The minimum atomic E-state index is -0.603. The Morgan fingerprint density at radius 2 is 2.14 bits per heavy atom. The van der Waals surface area contributed by atoms with Gasteiger partial charge in [-0.3, -0.25) is 4.79 Å². The second-order valence-corrected chi connectivity index (χ2v) is 5.84. The van der Waals surface area contributed by atoms with E-state index in [-0.39, 0.29) is 12.5 Å². The van der Waals surface area contributed by atoms with Crippen molar-refractivity contribution < 1.29 is 9.53 Å². The second-order valence-electron chi connectivity index (χ2n) is 4.98. The van der Waals surface area contributed by atoms with E-state index < -0.39 is 6.10 Å². The highest BCUT2D eigenvalue weighted by Gasteiger charge is 2.15. The zero-order chi connectivity index (χ0) is 15.8. The molecule has 1 amide bonds. The van der Waals surface area contributed by atoms with E-state index >= 15 is 0 Å². The van der Waals surface area contributed by atoms with Crippen molar-refractivity contribution in [1.82, 2.24) is 10.6 Å². The summed E-state index contributed by atoms with van der Waals surface area (Å²) in [5, 5.41) is 5.94. The molecule has 0 heterocycles. The predicted octanol–water partition coefficient (Wildman–Crippen LogP) is 2.46. The van der Waals surface area contributed by atoms with Crippen molar-refractivity contribution in [2.24, 2.45) is 0 Å². The molecule has 21 heavy (non-hydrogen) atoms. The van der Waals surface area contributed by atoms with Crippen LogP contribution in [0, 0.1) is 12.3 Å². The predicted molar refractivity (Wildman–Crippen MR) is 88.1 cm³/mol. The van der Waals surface area contributed by atoms with Crippen molar-refractivity contribution in [2.75, 3.05) is 6.54 Å². The smallest absolute Gasteiger partial charge is 0.261 e. The average Bonchev–Trinajstić information content (AvgIpc) is 2.44. The summed E-state index contributed by atoms with van der Waals surface area (Å²) in [7, 11) is 0. The van der Waals surface area contributed by atoms with Gasteiger partial charge < -0.3 is 15.4 Å². The number of hydrogen-bond donors (Lipinski definition) is 2. The molecule has 0 aromatic heterocycles. The average molecular weight is 353 g/mol. The quantitative estimate of drug-likeness (QED) is 0.741. The Bertz CT molecular complexity index is 523. The van der Waals surface area contributed by atoms with Crippen molar-refractivity contribution in [3.05, 3.63) is 28.2 Å². The summed E-state index contributed by atoms with van der Waals surface area (Å²) in [6.07, 6.45) is 4.50. The minimum absolute atomic E-state index is 0.202. The SMILES string of the molecule is C#CCNC(=O)C(C)Oc1ccc(CNC(C)C)cc1Br. The van der Waals surface area contributed by atoms with Crippen LogP contribution >= 0.6 is 15.9 Å². The van der Waals surface area contributed by atoms with Gasteiger partial charge in [-0.2, -0.15) is 0 Å². The van der Waals surface area contributed by atoms with Crippen LogP contribution in [-0.4, -0.2) is 24.6 Å². The van der Waals surface area contributed by atoms with Gasteiger partial charge in [-0.15, -0.1) is 6.42 Å². The number of nitrogens with one attached hydrogen (secondary N) is 2. The van der Waals surface area contributed by atoms with Crippen molar-refractivity contribution in [1.29, 1.82) is 0 Å². The van der Waals surface area contributed by atoms with Gasteiger partial charge in [0.25, 0.3) is 5.91 Å². The maximum absolute atomic E-state index is 11.7. The van der Waals surface area contributed by atoms with Crippen LogP contribution in [0.5, 0.6) is 5.75 Å². The zero-order valence-electron chi connectivity index (χ0n) is 12.6. The van der Waals surface area contributed by atoms with Crippen LogP contribution in [-0.2, 0) is 11.3 Å². The lowest BCUT2D eigenvalue weighted by molar-refractivity contribution is -0.127. The minimum Gasteiger partial charge on any atom is -0.480 e. The van der Waals surface area contributed by atoms with E-state index in [1.165, 1.54) is 0 Å². The molecule has 1 atom stereocenters. The molecule has 5 heteroatoms. The Morgan fingerprint density at radius 3 is 2.71 bits per heavy atom. The van der Waals surface area contributed by atoms with Crippen LogP contribution in [0.3, 0.4) is 0 Å². The van der Waals surface area contributed by atoms with Gasteiger partial charge in [-0.25, -0.2) is 0 Å². The fourth-order valence-electron chi connectivity index (χ4n) is 1.60. The van der Waals surface area contributed by atoms with Crippen LogP contribution < -0.4 is 15.4 Å². The number of halogens is 1. The normalized spacial score (nSPS) is 11.8. The zero-order valence-corrected chi connectivity index (χ0v) is 14.2. The Morgan fingerprint density at radius 1 is 1.43 bits per heavy atom. The van der Waals surface area contributed by atoms with E-state index in [9.17, 15) is 4.79 Å². The molecule has 1 aromatic carbocycles. The van der Waals surface area contributed by atoms with Gasteiger partial charge in [0.2, 0.25) is 0 Å². The molecule has 4 nitrogen and oxygen atoms in total. The van der Waals surface area contributed by atoms with Crippen molar-refractivity contribution >= 4 is 21.8 Å². The molecule has 1 rings (SSSR count). The first-order valence-electron chi connectivity index (χ1n) is 6.83. The first kappa shape index (κ1) is 17.5. The topological polar surface area (TPSA) is 50.4 Å². The maximum atomic E-state index is 11.7. The van der Waals surface area contributed by atoms with Crippen molar-refractivity contribution in [3.8, 4) is 18.1 Å². The number of benzene rings is 1. The molecular formula is C16H21BrN2O2. The molecular weight excluding hydrogens is 332 g/mol. The fraction of sp³-hybridized carbons (Fsp3) is 0.438. The van der Waals surface area contributed by atoms with Gasteiger partial charge in [0, 0.05) is 12.6 Å². The lowest BCUT2D eigenvalue weighted by atomic mass is 10.2. The van der Waals surface area contributed by atoms with Crippen LogP contribution in [0.25, 0.3) is 0 Å². The molecule has 1 unspecified atom stereocenters. The van der Waals surface area contributed by atoms with Gasteiger partial charge in [0.1, 0.15) is 5.75 Å². The molecule has 0 aliphatic heterocycles. The van der Waals surface area contributed by atoms with Gasteiger partial charge in [0.05, 0.1) is 11.0 Å². The van der Waals surface area contributed by atoms with E-state index in [1.807, 2.05) is 18.2 Å². The lowest BCUT2D eigenvalue weighted by Crippen LogP contribution is -2.36. The van der Waals surface area contributed by atoms with E-state index in [4.69, 9.17) is 11.2 Å². The number of rotatable bonds is 7. The Hall–Kier alpha value is -1.51. The monoisotopic (exact) mass is 352 g/mol. The van der Waals surface area contributed by atoms with Crippen LogP contribution in [0.4, 0.5) is 0 Å². The van der Waals surface area contributed by atoms with E-state index in [0.29, 0.717) is 11.8 Å². The molecule has 0 aliphatic rings. The molecule has 114 valence electrons. The van der Waals surface area contributed by atoms with Gasteiger partial charge in [-0.1, -0.05) is 25.8 Å². The van der Waals surface area contributed by atoms with Gasteiger partial charge >= 0.3 is 0 Å². The Balaban J connectivity index is 2.64. The molecule has 2 N–H and O–H groups in total. The number of hydrogen-bond acceptors (Lipinski definition) is 3. The molecule has 0 bridgehead atoms. The summed E-state index contributed by atoms with van der Waals surface area (Å²) in [6, 6.07) is 6.24. The first-order chi connectivity index (χ1) is 9.93. The molecule has 0 saturated heterocycles. The standard InChI is InChI=1S/C16H21BrN2O2/c1-5-8-18-16(20)12(4)21-15-7-6-13(9-14(15)17)10-19-11(2)3/h1,6-7,9,11-12,19H,8,10H2,2-4H3,(H,18,20). The highest BCUT2D eigenvalue weighted by molar-refractivity contribution is 9.10. The molecule has 0 radical (unpaired) electrons. The highest BCUT2D eigenvalue weighted by atomic mass is 79.9. The third-order valence-corrected chi connectivity index (χ3v) is 3.37. The van der Waals surface area contributed by atoms with Crippen LogP contribution in [0.1, 0.15) is 26.3 Å². The Kier molecular flexibility index (Phi) is 7.27. The molecule has 0 spiro atoms. The van der Waals surface area contributed by atoms with E-state index in [0.717, 1.165) is 16.6 Å². The number of ether oxygens (including phenoxy) is 1. The number of amides is 1. The number of carbonyl (C=O) groups excluding carboxylic acids is 1. The summed E-state index contributed by atoms with van der Waals surface area (Å²) in [6.45, 7) is 6.88. The summed E-state index contributed by atoms with van der Waals surface area (Å²) < 4.78 is 6.46. The van der Waals surface area contributed by atoms with Gasteiger partial charge in [-0.05, 0) is 40.5 Å². The number of carbonyl (C=O) groups is 1. The molecule has 0 aliphatic carbocycles. The largest absolute Gasteiger partial charge is 0.480 e. The van der Waals surface area contributed by atoms with Gasteiger partial charge in [0.15, 0.2) is 6.10 Å². The third-order valence-electron chi connectivity index (χ3n) is 2.75. The maximum Gasteiger partial charge on any atom is 0.261 e. The molecule has 0 fully saturated rings. The van der Waals surface area contributed by atoms with Crippen molar-refractivity contribution in [2.45, 2.75) is 39.5 Å². The second kappa shape index (κ2) is 8.71. The van der Waals surface area contributed by atoms with Crippen LogP contribution in [0.2, 0.25) is 0 Å². The molecule has 1 aromatic rings. The van der Waals surface area contributed by atoms with Crippen LogP contribution in [0.15, 0.2) is 22.7 Å². The van der Waals surface area contributed by atoms with Crippen molar-refractivity contribution in [3.63, 3.8) is 0 Å². The Labute approximate surface area is 134 Å². The third kappa shape index (κ3) is 6.19. The highest BCUT2D eigenvalue weighted by Crippen LogP contribution is 2.27. The fourth-order valence-corrected chi connectivity index (χ4v) is 2.12.